The van der Waals surface area contributed by atoms with Gasteiger partial charge in [0.1, 0.15) is 0 Å². The molecule has 1 saturated heterocycles. The Balaban J connectivity index is 1.50. The molecule has 2 aromatic carbocycles. The number of imidazole rings is 1. The predicted molar refractivity (Wildman–Crippen MR) is 126 cm³/mol. The standard InChI is InChI=1S/C24H21ClF2N4O5/c1-30-17(15-5-6-18(36-2)20(27)19(15)26)10-28-21(30)22(32)29-13-3-4-14(16(25)9-13)23(33)31-8-7-12(11-31)24(34)35/h3-6,9-10,12H,7-8,11H2,1-2H3,(H,29,32)(H,34,35). The highest BCUT2D eigenvalue weighted by Crippen LogP contribution is 2.30. The number of hydrogen-bond acceptors (Lipinski definition) is 5. The number of hydrogen-bond donors (Lipinski definition) is 2. The second-order valence-electron chi connectivity index (χ2n) is 8.19. The molecule has 0 saturated carbocycles. The largest absolute Gasteiger partial charge is 0.494 e. The summed E-state index contributed by atoms with van der Waals surface area (Å²) in [6, 6.07) is 6.90. The Morgan fingerprint density at radius 3 is 2.58 bits per heavy atom. The fraction of sp³-hybridized carbons (Fsp3) is 0.250. The SMILES string of the molecule is COc1ccc(-c2cnc(C(=O)Nc3ccc(C(=O)N4CCC(C(=O)O)C4)c(Cl)c3)n2C)c(F)c1F. The molecule has 2 amide bonds. The molecule has 0 radical (unpaired) electrons. The summed E-state index contributed by atoms with van der Waals surface area (Å²) in [5.74, 6) is -5.22. The number of anilines is 1. The number of amides is 2. The Morgan fingerprint density at radius 1 is 1.19 bits per heavy atom. The molecule has 1 aliphatic rings. The Kier molecular flexibility index (Phi) is 6.93. The first-order valence-corrected chi connectivity index (χ1v) is 11.2. The van der Waals surface area contributed by atoms with E-state index < -0.39 is 35.3 Å². The van der Waals surface area contributed by atoms with Crippen molar-refractivity contribution in [3.8, 4) is 17.0 Å². The van der Waals surface area contributed by atoms with Crippen LogP contribution in [0.15, 0.2) is 36.5 Å². The van der Waals surface area contributed by atoms with Crippen LogP contribution in [0.4, 0.5) is 14.5 Å². The Morgan fingerprint density at radius 2 is 1.94 bits per heavy atom. The first kappa shape index (κ1) is 25.1. The molecule has 0 bridgehead atoms. The van der Waals surface area contributed by atoms with Gasteiger partial charge in [0.25, 0.3) is 11.8 Å². The maximum absolute atomic E-state index is 14.5. The van der Waals surface area contributed by atoms with Gasteiger partial charge in [0.05, 0.1) is 35.5 Å². The molecule has 188 valence electrons. The molecule has 1 fully saturated rings. The van der Waals surface area contributed by atoms with Gasteiger partial charge in [0, 0.05) is 31.4 Å². The molecule has 1 aliphatic heterocycles. The van der Waals surface area contributed by atoms with Crippen LogP contribution in [0.3, 0.4) is 0 Å². The summed E-state index contributed by atoms with van der Waals surface area (Å²) in [7, 11) is 2.70. The number of likely N-dealkylation sites (tertiary alicyclic amines) is 1. The van der Waals surface area contributed by atoms with Gasteiger partial charge in [-0.2, -0.15) is 4.39 Å². The molecule has 2 heterocycles. The van der Waals surface area contributed by atoms with E-state index in [9.17, 15) is 23.2 Å². The second-order valence-corrected chi connectivity index (χ2v) is 8.60. The monoisotopic (exact) mass is 518 g/mol. The quantitative estimate of drug-likeness (QED) is 0.513. The van der Waals surface area contributed by atoms with Crippen molar-refractivity contribution in [3.63, 3.8) is 0 Å². The molecule has 12 heteroatoms. The van der Waals surface area contributed by atoms with Crippen molar-refractivity contribution in [2.45, 2.75) is 6.42 Å². The molecule has 0 aliphatic carbocycles. The lowest BCUT2D eigenvalue weighted by molar-refractivity contribution is -0.141. The third-order valence-electron chi connectivity index (χ3n) is 6.02. The van der Waals surface area contributed by atoms with E-state index in [4.69, 9.17) is 21.4 Å². The zero-order chi connectivity index (χ0) is 26.1. The summed E-state index contributed by atoms with van der Waals surface area (Å²) >= 11 is 6.28. The fourth-order valence-corrected chi connectivity index (χ4v) is 4.29. The Labute approximate surface area is 209 Å². The van der Waals surface area contributed by atoms with Gasteiger partial charge in [0.2, 0.25) is 5.82 Å². The molecule has 3 aromatic rings. The topological polar surface area (TPSA) is 114 Å². The maximum Gasteiger partial charge on any atom is 0.308 e. The summed E-state index contributed by atoms with van der Waals surface area (Å²) in [6.45, 7) is 0.411. The average molecular weight is 519 g/mol. The summed E-state index contributed by atoms with van der Waals surface area (Å²) in [4.78, 5) is 42.2. The highest BCUT2D eigenvalue weighted by atomic mass is 35.5. The van der Waals surface area contributed by atoms with Gasteiger partial charge in [-0.15, -0.1) is 0 Å². The minimum absolute atomic E-state index is 0.0753. The van der Waals surface area contributed by atoms with E-state index in [1.807, 2.05) is 0 Å². The number of aromatic nitrogens is 2. The van der Waals surface area contributed by atoms with Crippen molar-refractivity contribution in [2.75, 3.05) is 25.5 Å². The van der Waals surface area contributed by atoms with Gasteiger partial charge >= 0.3 is 5.97 Å². The number of ether oxygens (including phenoxy) is 1. The summed E-state index contributed by atoms with van der Waals surface area (Å²) in [6.07, 6.45) is 1.61. The molecule has 4 rings (SSSR count). The van der Waals surface area contributed by atoms with Crippen molar-refractivity contribution in [3.05, 3.63) is 64.6 Å². The van der Waals surface area contributed by atoms with E-state index >= 15 is 0 Å². The molecule has 36 heavy (non-hydrogen) atoms. The smallest absolute Gasteiger partial charge is 0.308 e. The average Bonchev–Trinajstić information content (AvgIpc) is 3.48. The highest BCUT2D eigenvalue weighted by molar-refractivity contribution is 6.34. The van der Waals surface area contributed by atoms with E-state index in [-0.39, 0.29) is 45.6 Å². The number of aliphatic carboxylic acids is 1. The number of methoxy groups -OCH3 is 1. The van der Waals surface area contributed by atoms with Gasteiger partial charge in [-0.1, -0.05) is 11.6 Å². The minimum atomic E-state index is -1.15. The molecular formula is C24H21ClF2N4O5. The van der Waals surface area contributed by atoms with Crippen LogP contribution in [-0.2, 0) is 11.8 Å². The van der Waals surface area contributed by atoms with Crippen LogP contribution in [0.1, 0.15) is 27.4 Å². The second kappa shape index (κ2) is 9.94. The van der Waals surface area contributed by atoms with Gasteiger partial charge in [-0.25, -0.2) is 9.37 Å². The number of carboxylic acids is 1. The highest BCUT2D eigenvalue weighted by Gasteiger charge is 2.32. The number of carbonyl (C=O) groups excluding carboxylic acids is 2. The number of nitrogens with one attached hydrogen (secondary N) is 1. The van der Waals surface area contributed by atoms with E-state index in [0.717, 1.165) is 0 Å². The third-order valence-corrected chi connectivity index (χ3v) is 6.33. The first-order valence-electron chi connectivity index (χ1n) is 10.8. The lowest BCUT2D eigenvalue weighted by Gasteiger charge is -2.17. The van der Waals surface area contributed by atoms with Crippen LogP contribution in [0.25, 0.3) is 11.3 Å². The summed E-state index contributed by atoms with van der Waals surface area (Å²) in [5, 5.41) is 11.8. The van der Waals surface area contributed by atoms with Crippen LogP contribution >= 0.6 is 11.6 Å². The summed E-state index contributed by atoms with van der Waals surface area (Å²) in [5.41, 5.74) is 0.526. The summed E-state index contributed by atoms with van der Waals surface area (Å²) < 4.78 is 34.7. The lowest BCUT2D eigenvalue weighted by atomic mass is 10.1. The third kappa shape index (κ3) is 4.61. The number of carboxylic acid groups (broad SMARTS) is 1. The van der Waals surface area contributed by atoms with Crippen LogP contribution in [0.5, 0.6) is 5.75 Å². The van der Waals surface area contributed by atoms with Gasteiger partial charge in [-0.3, -0.25) is 14.4 Å². The molecular weight excluding hydrogens is 498 g/mol. The Hall–Kier alpha value is -3.99. The number of nitrogens with zero attached hydrogens (tertiary/aromatic N) is 3. The number of rotatable bonds is 6. The zero-order valence-electron chi connectivity index (χ0n) is 19.2. The minimum Gasteiger partial charge on any atom is -0.494 e. The molecule has 9 nitrogen and oxygen atoms in total. The number of halogens is 3. The van der Waals surface area contributed by atoms with E-state index in [2.05, 4.69) is 10.3 Å². The van der Waals surface area contributed by atoms with Crippen molar-refractivity contribution in [1.82, 2.24) is 14.5 Å². The number of benzene rings is 2. The van der Waals surface area contributed by atoms with Crippen LogP contribution < -0.4 is 10.1 Å². The van der Waals surface area contributed by atoms with Gasteiger partial charge in [-0.05, 0) is 36.8 Å². The Bertz CT molecular complexity index is 1380. The fourth-order valence-electron chi connectivity index (χ4n) is 4.03. The molecule has 2 N–H and O–H groups in total. The molecule has 1 unspecified atom stereocenters. The van der Waals surface area contributed by atoms with Crippen molar-refractivity contribution >= 4 is 35.1 Å². The van der Waals surface area contributed by atoms with Crippen LogP contribution in [-0.4, -0.2) is 57.5 Å². The van der Waals surface area contributed by atoms with Gasteiger partial charge < -0.3 is 24.6 Å². The van der Waals surface area contributed by atoms with E-state index in [1.165, 1.54) is 60.2 Å². The van der Waals surface area contributed by atoms with E-state index in [0.29, 0.717) is 13.0 Å². The molecule has 0 spiro atoms. The number of carbonyl (C=O) groups is 3. The van der Waals surface area contributed by atoms with Crippen LogP contribution in [0, 0.1) is 17.6 Å². The van der Waals surface area contributed by atoms with Crippen LogP contribution in [0.2, 0.25) is 5.02 Å². The van der Waals surface area contributed by atoms with Crippen molar-refractivity contribution in [2.24, 2.45) is 13.0 Å². The zero-order valence-corrected chi connectivity index (χ0v) is 20.0. The first-order chi connectivity index (χ1) is 17.1. The van der Waals surface area contributed by atoms with Gasteiger partial charge in [0.15, 0.2) is 17.4 Å². The normalized spacial score (nSPS) is 15.1. The predicted octanol–water partition coefficient (Wildman–Crippen LogP) is 3.83. The van der Waals surface area contributed by atoms with Crippen molar-refractivity contribution in [1.29, 1.82) is 0 Å². The lowest BCUT2D eigenvalue weighted by Crippen LogP contribution is -2.30. The van der Waals surface area contributed by atoms with Crippen molar-refractivity contribution < 1.29 is 33.0 Å². The molecule has 1 atom stereocenters. The molecule has 1 aromatic heterocycles. The maximum atomic E-state index is 14.5. The van der Waals surface area contributed by atoms with E-state index in [1.54, 1.807) is 0 Å².